The Bertz CT molecular complexity index is 441. The Kier molecular flexibility index (Phi) is 2.93. The Morgan fingerprint density at radius 1 is 1.00 bits per heavy atom. The zero-order valence-electron chi connectivity index (χ0n) is 8.43. The van der Waals surface area contributed by atoms with Crippen molar-refractivity contribution in [3.8, 4) is 11.3 Å². The minimum Gasteiger partial charge on any atom is -0.256 e. The number of allylic oxidation sites excluding steroid dienone is 1. The first-order chi connectivity index (χ1) is 7.40. The lowest BCUT2D eigenvalue weighted by Crippen LogP contribution is -1.81. The third-order valence-electron chi connectivity index (χ3n) is 2.18. The molecule has 1 nitrogen and oxygen atoms in total. The summed E-state index contributed by atoms with van der Waals surface area (Å²) in [6, 6.07) is 14.2. The Labute approximate surface area is 90.1 Å². The maximum atomic E-state index is 4.29. The molecule has 0 bridgehead atoms. The molecule has 0 saturated carbocycles. The van der Waals surface area contributed by atoms with Crippen molar-refractivity contribution >= 4 is 6.08 Å². The summed E-state index contributed by atoms with van der Waals surface area (Å²) in [5, 5.41) is 0. The first kappa shape index (κ1) is 9.66. The summed E-state index contributed by atoms with van der Waals surface area (Å²) in [6.45, 7) is 3.67. The van der Waals surface area contributed by atoms with Gasteiger partial charge in [-0.15, -0.1) is 0 Å². The fourth-order valence-corrected chi connectivity index (χ4v) is 1.43. The second-order valence-electron chi connectivity index (χ2n) is 3.24. The molecule has 0 amide bonds. The molecule has 73 valence electrons. The first-order valence-electron chi connectivity index (χ1n) is 4.87. The van der Waals surface area contributed by atoms with E-state index in [-0.39, 0.29) is 0 Å². The number of benzene rings is 1. The zero-order chi connectivity index (χ0) is 10.5. The summed E-state index contributed by atoms with van der Waals surface area (Å²) >= 11 is 0. The van der Waals surface area contributed by atoms with Crippen molar-refractivity contribution in [2.45, 2.75) is 0 Å². The van der Waals surface area contributed by atoms with Gasteiger partial charge < -0.3 is 0 Å². The molecule has 0 saturated heterocycles. The fraction of sp³-hybridized carbons (Fsp3) is 0. The van der Waals surface area contributed by atoms with Crippen LogP contribution in [0.5, 0.6) is 0 Å². The van der Waals surface area contributed by atoms with Gasteiger partial charge in [-0.05, 0) is 24.6 Å². The van der Waals surface area contributed by atoms with E-state index in [4.69, 9.17) is 0 Å². The van der Waals surface area contributed by atoms with Crippen LogP contribution in [0.3, 0.4) is 0 Å². The first-order valence-corrected chi connectivity index (χ1v) is 4.87. The second kappa shape index (κ2) is 4.56. The van der Waals surface area contributed by atoms with Gasteiger partial charge in [0.05, 0.1) is 5.69 Å². The minimum absolute atomic E-state index is 1.00. The minimum atomic E-state index is 1.00. The van der Waals surface area contributed by atoms with E-state index in [9.17, 15) is 0 Å². The van der Waals surface area contributed by atoms with Crippen molar-refractivity contribution in [2.24, 2.45) is 0 Å². The normalized spacial score (nSPS) is 10.7. The van der Waals surface area contributed by atoms with Crippen molar-refractivity contribution in [3.63, 3.8) is 0 Å². The van der Waals surface area contributed by atoms with Crippen LogP contribution in [0.4, 0.5) is 0 Å². The molecule has 1 heterocycles. The third kappa shape index (κ3) is 2.32. The van der Waals surface area contributed by atoms with Crippen molar-refractivity contribution in [2.75, 3.05) is 0 Å². The average molecular weight is 194 g/mol. The lowest BCUT2D eigenvalue weighted by atomic mass is 10.1. The van der Waals surface area contributed by atoms with E-state index < -0.39 is 0 Å². The van der Waals surface area contributed by atoms with Gasteiger partial charge in [-0.1, -0.05) is 42.5 Å². The molecule has 0 fully saturated rings. The maximum Gasteiger partial charge on any atom is 0.0701 e. The Morgan fingerprint density at radius 2 is 1.80 bits per heavy atom. The van der Waals surface area contributed by atoms with Crippen molar-refractivity contribution in [3.05, 3.63) is 67.2 Å². The van der Waals surface area contributed by atoms with Crippen LogP contribution in [0.25, 0.3) is 17.3 Å². The van der Waals surface area contributed by atoms with Crippen molar-refractivity contribution < 1.29 is 0 Å². The van der Waals surface area contributed by atoms with E-state index in [0.717, 1.165) is 16.8 Å². The SMILES string of the molecule is [CH2]/C=C/c1ccc(-c2ccccn2)cc1. The Morgan fingerprint density at radius 3 is 2.40 bits per heavy atom. The highest BCUT2D eigenvalue weighted by Gasteiger charge is 1.96. The quantitative estimate of drug-likeness (QED) is 0.711. The molecule has 0 aliphatic heterocycles. The molecule has 0 unspecified atom stereocenters. The van der Waals surface area contributed by atoms with E-state index in [1.54, 1.807) is 12.3 Å². The summed E-state index contributed by atoms with van der Waals surface area (Å²) in [5.74, 6) is 0. The molecule has 1 aromatic carbocycles. The smallest absolute Gasteiger partial charge is 0.0701 e. The summed E-state index contributed by atoms with van der Waals surface area (Å²) in [5.41, 5.74) is 3.30. The molecule has 1 aromatic heterocycles. The molecular weight excluding hydrogens is 182 g/mol. The number of rotatable bonds is 2. The lowest BCUT2D eigenvalue weighted by Gasteiger charge is -2.00. The molecule has 0 atom stereocenters. The molecule has 1 radical (unpaired) electrons. The standard InChI is InChI=1S/C14H12N/c1-2-5-12-7-9-13(10-8-12)14-6-3-4-11-15-14/h2-11H,1H2/b5-2+. The van der Waals surface area contributed by atoms with Gasteiger partial charge >= 0.3 is 0 Å². The molecule has 0 aliphatic rings. The van der Waals surface area contributed by atoms with Gasteiger partial charge in [-0.25, -0.2) is 0 Å². The van der Waals surface area contributed by atoms with Gasteiger partial charge in [0.2, 0.25) is 0 Å². The van der Waals surface area contributed by atoms with Gasteiger partial charge in [-0.3, -0.25) is 4.98 Å². The second-order valence-corrected chi connectivity index (χ2v) is 3.24. The average Bonchev–Trinajstić information content (AvgIpc) is 2.32. The van der Waals surface area contributed by atoms with Crippen LogP contribution < -0.4 is 0 Å². The summed E-state index contributed by atoms with van der Waals surface area (Å²) in [6.07, 6.45) is 5.57. The van der Waals surface area contributed by atoms with E-state index in [0.29, 0.717) is 0 Å². The van der Waals surface area contributed by atoms with Crippen LogP contribution >= 0.6 is 0 Å². The number of aromatic nitrogens is 1. The highest BCUT2D eigenvalue weighted by Crippen LogP contribution is 2.17. The molecule has 15 heavy (non-hydrogen) atoms. The van der Waals surface area contributed by atoms with Crippen molar-refractivity contribution in [1.82, 2.24) is 4.98 Å². The number of hydrogen-bond donors (Lipinski definition) is 0. The van der Waals surface area contributed by atoms with E-state index in [1.807, 2.05) is 24.3 Å². The predicted octanol–water partition coefficient (Wildman–Crippen LogP) is 3.60. The van der Waals surface area contributed by atoms with Crippen LogP contribution in [0.15, 0.2) is 54.7 Å². The monoisotopic (exact) mass is 194 g/mol. The van der Waals surface area contributed by atoms with E-state index in [1.165, 1.54) is 0 Å². The van der Waals surface area contributed by atoms with Crippen molar-refractivity contribution in [1.29, 1.82) is 0 Å². The van der Waals surface area contributed by atoms with Gasteiger partial charge in [0.1, 0.15) is 0 Å². The summed E-state index contributed by atoms with van der Waals surface area (Å²) in [4.78, 5) is 4.29. The molecule has 2 rings (SSSR count). The maximum absolute atomic E-state index is 4.29. The van der Waals surface area contributed by atoms with Gasteiger partial charge in [0, 0.05) is 11.8 Å². The van der Waals surface area contributed by atoms with Crippen LogP contribution in [-0.2, 0) is 0 Å². The van der Waals surface area contributed by atoms with Gasteiger partial charge in [0.15, 0.2) is 0 Å². The molecular formula is C14H12N. The summed E-state index contributed by atoms with van der Waals surface area (Å²) in [7, 11) is 0. The van der Waals surface area contributed by atoms with Gasteiger partial charge in [-0.2, -0.15) is 0 Å². The number of nitrogens with zero attached hydrogens (tertiary/aromatic N) is 1. The molecule has 0 N–H and O–H groups in total. The van der Waals surface area contributed by atoms with E-state index >= 15 is 0 Å². The van der Waals surface area contributed by atoms with Crippen LogP contribution in [0.2, 0.25) is 0 Å². The summed E-state index contributed by atoms with van der Waals surface area (Å²) < 4.78 is 0. The molecule has 2 aromatic rings. The lowest BCUT2D eigenvalue weighted by molar-refractivity contribution is 1.33. The number of pyridine rings is 1. The topological polar surface area (TPSA) is 12.9 Å². The highest BCUT2D eigenvalue weighted by molar-refractivity contribution is 5.62. The largest absolute Gasteiger partial charge is 0.256 e. The molecule has 0 aliphatic carbocycles. The third-order valence-corrected chi connectivity index (χ3v) is 2.18. The molecule has 0 spiro atoms. The van der Waals surface area contributed by atoms with Crippen LogP contribution in [0.1, 0.15) is 5.56 Å². The zero-order valence-corrected chi connectivity index (χ0v) is 8.43. The highest BCUT2D eigenvalue weighted by atomic mass is 14.7. The Hall–Kier alpha value is -1.89. The predicted molar refractivity (Wildman–Crippen MR) is 64.1 cm³/mol. The molecule has 1 heteroatoms. The van der Waals surface area contributed by atoms with Gasteiger partial charge in [0.25, 0.3) is 0 Å². The number of hydrogen-bond acceptors (Lipinski definition) is 1. The van der Waals surface area contributed by atoms with Crippen LogP contribution in [-0.4, -0.2) is 4.98 Å². The van der Waals surface area contributed by atoms with E-state index in [2.05, 4.69) is 36.2 Å². The Balaban J connectivity index is 2.32. The van der Waals surface area contributed by atoms with Crippen LogP contribution in [0, 0.1) is 6.92 Å². The fourth-order valence-electron chi connectivity index (χ4n) is 1.43.